The highest BCUT2D eigenvalue weighted by atomic mass is 19.4. The third-order valence-electron chi connectivity index (χ3n) is 2.33. The zero-order chi connectivity index (χ0) is 16.0. The number of amides is 1. The van der Waals surface area contributed by atoms with E-state index in [1.165, 1.54) is 31.2 Å². The van der Waals surface area contributed by atoms with Crippen molar-refractivity contribution in [3.63, 3.8) is 0 Å². The highest BCUT2D eigenvalue weighted by Crippen LogP contribution is 2.26. The van der Waals surface area contributed by atoms with Crippen LogP contribution in [0.3, 0.4) is 0 Å². The van der Waals surface area contributed by atoms with E-state index < -0.39 is 31.3 Å². The molecule has 9 heteroatoms. The van der Waals surface area contributed by atoms with Crippen molar-refractivity contribution >= 4 is 11.6 Å². The summed E-state index contributed by atoms with van der Waals surface area (Å²) >= 11 is 0. The van der Waals surface area contributed by atoms with Gasteiger partial charge in [-0.25, -0.2) is 0 Å². The second-order valence-corrected chi connectivity index (χ2v) is 4.07. The van der Waals surface area contributed by atoms with Crippen LogP contribution in [0.1, 0.15) is 6.92 Å². The number of carbonyl (C=O) groups excluding carboxylic acids is 1. The third-order valence-corrected chi connectivity index (χ3v) is 2.33. The largest absolute Gasteiger partial charge is 0.433 e. The fourth-order valence-corrected chi connectivity index (χ4v) is 1.42. The van der Waals surface area contributed by atoms with Gasteiger partial charge in [0.15, 0.2) is 0 Å². The lowest BCUT2D eigenvalue weighted by Gasteiger charge is -2.18. The first-order valence-electron chi connectivity index (χ1n) is 5.84. The van der Waals surface area contributed by atoms with Crippen molar-refractivity contribution in [2.75, 3.05) is 11.9 Å². The molecule has 1 aromatic carbocycles. The molecule has 0 spiro atoms. The molecule has 4 nitrogen and oxygen atoms in total. The molecule has 0 aliphatic rings. The number of hydrogen-bond donors (Lipinski definition) is 2. The molecule has 0 aliphatic heterocycles. The number of hydrogen-bond acceptors (Lipinski definition) is 3. The maximum Gasteiger partial charge on any atom is 0.405 e. The number of alkyl halides is 5. The van der Waals surface area contributed by atoms with Crippen molar-refractivity contribution < 1.29 is 31.5 Å². The quantitative estimate of drug-likeness (QED) is 0.794. The zero-order valence-electron chi connectivity index (χ0n) is 10.9. The van der Waals surface area contributed by atoms with Gasteiger partial charge in [0.1, 0.15) is 18.3 Å². The summed E-state index contributed by atoms with van der Waals surface area (Å²) < 4.78 is 64.5. The van der Waals surface area contributed by atoms with Gasteiger partial charge in [0.05, 0.1) is 5.69 Å². The van der Waals surface area contributed by atoms with Crippen molar-refractivity contribution in [1.29, 1.82) is 0 Å². The number of carbonyl (C=O) groups is 1. The van der Waals surface area contributed by atoms with Crippen molar-refractivity contribution in [2.45, 2.75) is 25.8 Å². The van der Waals surface area contributed by atoms with Gasteiger partial charge in [-0.15, -0.1) is 0 Å². The molecular weight excluding hydrogens is 299 g/mol. The van der Waals surface area contributed by atoms with Gasteiger partial charge in [0, 0.05) is 0 Å². The van der Waals surface area contributed by atoms with E-state index in [0.29, 0.717) is 0 Å². The summed E-state index contributed by atoms with van der Waals surface area (Å²) in [6.45, 7) is -3.22. The molecule has 2 N–H and O–H groups in total. The minimum absolute atomic E-state index is 0.0764. The number of halogens is 5. The molecule has 0 radical (unpaired) electrons. The monoisotopic (exact) mass is 312 g/mol. The van der Waals surface area contributed by atoms with E-state index in [2.05, 4.69) is 10.1 Å². The van der Waals surface area contributed by atoms with E-state index in [9.17, 15) is 26.7 Å². The molecule has 0 bridgehead atoms. The van der Waals surface area contributed by atoms with Crippen LogP contribution in [0, 0.1) is 0 Å². The second kappa shape index (κ2) is 7.09. The fraction of sp³-hybridized carbons (Fsp3) is 0.417. The normalized spacial score (nSPS) is 12.9. The number of benzene rings is 1. The average Bonchev–Trinajstić information content (AvgIpc) is 2.36. The van der Waals surface area contributed by atoms with Gasteiger partial charge in [-0.3, -0.25) is 4.79 Å². The van der Waals surface area contributed by atoms with Gasteiger partial charge in [0.25, 0.3) is 0 Å². The molecule has 0 saturated heterocycles. The van der Waals surface area contributed by atoms with Crippen LogP contribution in [0.5, 0.6) is 5.75 Å². The lowest BCUT2D eigenvalue weighted by molar-refractivity contribution is -0.138. The van der Waals surface area contributed by atoms with Crippen LogP contribution >= 0.6 is 0 Å². The Hall–Kier alpha value is -2.06. The Labute approximate surface area is 117 Å². The predicted octanol–water partition coefficient (Wildman–Crippen LogP) is 2.77. The Morgan fingerprint density at radius 3 is 2.48 bits per heavy atom. The highest BCUT2D eigenvalue weighted by molar-refractivity contribution is 5.84. The summed E-state index contributed by atoms with van der Waals surface area (Å²) in [5.41, 5.74) is 0.0764. The predicted molar refractivity (Wildman–Crippen MR) is 65.2 cm³/mol. The standard InChI is InChI=1S/C12H13F5N2O2/c1-7(10(20)18-6-12(15,16)17)19-8-4-2-3-5-9(8)21-11(13)14/h2-5,7,11,19H,6H2,1H3,(H,18,20). The van der Waals surface area contributed by atoms with E-state index in [0.717, 1.165) is 0 Å². The molecule has 0 heterocycles. The summed E-state index contributed by atoms with van der Waals surface area (Å²) in [6, 6.07) is 4.49. The van der Waals surface area contributed by atoms with Crippen molar-refractivity contribution in [3.05, 3.63) is 24.3 Å². The summed E-state index contributed by atoms with van der Waals surface area (Å²) in [6.07, 6.45) is -4.52. The molecule has 21 heavy (non-hydrogen) atoms. The summed E-state index contributed by atoms with van der Waals surface area (Å²) in [5, 5.41) is 4.20. The van der Waals surface area contributed by atoms with Gasteiger partial charge in [0.2, 0.25) is 5.91 Å². The lowest BCUT2D eigenvalue weighted by Crippen LogP contribution is -2.42. The number of rotatable bonds is 6. The van der Waals surface area contributed by atoms with Crippen LogP contribution in [0.15, 0.2) is 24.3 Å². The Morgan fingerprint density at radius 1 is 1.29 bits per heavy atom. The molecule has 1 rings (SSSR count). The molecule has 0 saturated carbocycles. The highest BCUT2D eigenvalue weighted by Gasteiger charge is 2.28. The third kappa shape index (κ3) is 6.28. The maximum absolute atomic E-state index is 12.2. The molecule has 1 amide bonds. The molecular formula is C12H13F5N2O2. The number of nitrogens with one attached hydrogen (secondary N) is 2. The number of ether oxygens (including phenoxy) is 1. The molecule has 1 atom stereocenters. The molecule has 0 aromatic heterocycles. The Balaban J connectivity index is 2.66. The van der Waals surface area contributed by atoms with Crippen LogP contribution in [-0.4, -0.2) is 31.3 Å². The molecule has 1 aromatic rings. The summed E-state index contributed by atoms with van der Waals surface area (Å²) in [5.74, 6) is -1.12. The van der Waals surface area contributed by atoms with Gasteiger partial charge in [-0.05, 0) is 19.1 Å². The van der Waals surface area contributed by atoms with Crippen molar-refractivity contribution in [3.8, 4) is 5.75 Å². The Morgan fingerprint density at radius 2 is 1.90 bits per heavy atom. The topological polar surface area (TPSA) is 50.4 Å². The van der Waals surface area contributed by atoms with Crippen LogP contribution in [0.4, 0.5) is 27.6 Å². The zero-order valence-corrected chi connectivity index (χ0v) is 10.9. The molecule has 0 aliphatic carbocycles. The first-order valence-corrected chi connectivity index (χ1v) is 5.84. The molecule has 1 unspecified atom stereocenters. The van der Waals surface area contributed by atoms with Crippen molar-refractivity contribution in [2.24, 2.45) is 0 Å². The van der Waals surface area contributed by atoms with E-state index in [1.807, 2.05) is 0 Å². The lowest BCUT2D eigenvalue weighted by atomic mass is 10.2. The van der Waals surface area contributed by atoms with Gasteiger partial charge >= 0.3 is 12.8 Å². The average molecular weight is 312 g/mol. The van der Waals surface area contributed by atoms with Gasteiger partial charge in [-0.1, -0.05) is 12.1 Å². The minimum Gasteiger partial charge on any atom is -0.433 e. The second-order valence-electron chi connectivity index (χ2n) is 4.07. The van der Waals surface area contributed by atoms with Crippen LogP contribution in [0.25, 0.3) is 0 Å². The smallest absolute Gasteiger partial charge is 0.405 e. The summed E-state index contributed by atoms with van der Waals surface area (Å²) in [4.78, 5) is 11.5. The van der Waals surface area contributed by atoms with E-state index in [4.69, 9.17) is 0 Å². The summed E-state index contributed by atoms with van der Waals surface area (Å²) in [7, 11) is 0. The van der Waals surface area contributed by atoms with E-state index >= 15 is 0 Å². The Bertz CT molecular complexity index is 479. The molecule has 0 fully saturated rings. The van der Waals surface area contributed by atoms with E-state index in [1.54, 1.807) is 5.32 Å². The van der Waals surface area contributed by atoms with Gasteiger partial charge in [-0.2, -0.15) is 22.0 Å². The SMILES string of the molecule is CC(Nc1ccccc1OC(F)F)C(=O)NCC(F)(F)F. The Kier molecular flexibility index (Phi) is 5.74. The van der Waals surface area contributed by atoms with Crippen LogP contribution in [-0.2, 0) is 4.79 Å². The van der Waals surface area contributed by atoms with Crippen LogP contribution < -0.4 is 15.4 Å². The maximum atomic E-state index is 12.2. The first-order chi connectivity index (χ1) is 9.69. The fourth-order valence-electron chi connectivity index (χ4n) is 1.42. The van der Waals surface area contributed by atoms with Gasteiger partial charge < -0.3 is 15.4 Å². The van der Waals surface area contributed by atoms with Crippen LogP contribution in [0.2, 0.25) is 0 Å². The number of anilines is 1. The molecule has 118 valence electrons. The number of para-hydroxylation sites is 2. The van der Waals surface area contributed by atoms with Crippen molar-refractivity contribution in [1.82, 2.24) is 5.32 Å². The minimum atomic E-state index is -4.52. The first kappa shape index (κ1) is 17.0. The van der Waals surface area contributed by atoms with E-state index in [-0.39, 0.29) is 11.4 Å².